The summed E-state index contributed by atoms with van der Waals surface area (Å²) in [5, 5.41) is 23.7. The summed E-state index contributed by atoms with van der Waals surface area (Å²) in [6, 6.07) is 10.9. The molecule has 1 aromatic carbocycles. The summed E-state index contributed by atoms with van der Waals surface area (Å²) in [7, 11) is 0. The van der Waals surface area contributed by atoms with Crippen molar-refractivity contribution in [2.75, 3.05) is 29.1 Å². The number of aromatic nitrogens is 1. The molecule has 9 nitrogen and oxygen atoms in total. The van der Waals surface area contributed by atoms with E-state index >= 15 is 0 Å². The molecular weight excluding hydrogens is 452 g/mol. The van der Waals surface area contributed by atoms with Crippen molar-refractivity contribution in [1.29, 1.82) is 5.26 Å². The minimum Gasteiger partial charge on any atom is -0.491 e. The molecule has 2 heterocycles. The topological polar surface area (TPSA) is 128 Å². The monoisotopic (exact) mass is 470 g/mol. The number of halogens is 1. The smallest absolute Gasteiger partial charge is 0.324 e. The van der Waals surface area contributed by atoms with E-state index in [-0.39, 0.29) is 11.8 Å². The number of amides is 4. The highest BCUT2D eigenvalue weighted by atomic mass is 35.5. The van der Waals surface area contributed by atoms with Crippen LogP contribution in [0.5, 0.6) is 5.75 Å². The average Bonchev–Trinajstić information content (AvgIpc) is 3.28. The number of nitriles is 1. The fourth-order valence-corrected chi connectivity index (χ4v) is 3.26. The number of ether oxygens (including phenoxy) is 1. The third kappa shape index (κ3) is 7.16. The number of pyridine rings is 1. The number of carbonyl (C=O) groups is 2. The van der Waals surface area contributed by atoms with E-state index in [4.69, 9.17) is 21.6 Å². The van der Waals surface area contributed by atoms with Crippen LogP contribution in [0.15, 0.2) is 53.4 Å². The van der Waals surface area contributed by atoms with Crippen LogP contribution in [0.25, 0.3) is 0 Å². The van der Waals surface area contributed by atoms with E-state index in [2.05, 4.69) is 26.3 Å². The molecule has 32 heavy (non-hydrogen) atoms. The van der Waals surface area contributed by atoms with Crippen molar-refractivity contribution < 1.29 is 14.3 Å². The Morgan fingerprint density at radius 2 is 2.00 bits per heavy atom. The second kappa shape index (κ2) is 11.5. The summed E-state index contributed by atoms with van der Waals surface area (Å²) in [5.41, 5.74) is 1.52. The van der Waals surface area contributed by atoms with Gasteiger partial charge in [0.1, 0.15) is 17.6 Å². The van der Waals surface area contributed by atoms with Crippen molar-refractivity contribution in [1.82, 2.24) is 10.3 Å². The second-order valence-corrected chi connectivity index (χ2v) is 7.57. The van der Waals surface area contributed by atoms with Crippen LogP contribution in [-0.4, -0.2) is 30.2 Å². The van der Waals surface area contributed by atoms with E-state index in [1.807, 2.05) is 22.9 Å². The first-order valence-electron chi connectivity index (χ1n) is 9.47. The van der Waals surface area contributed by atoms with Gasteiger partial charge in [-0.2, -0.15) is 16.6 Å². The fraction of sp³-hybridized carbons (Fsp3) is 0.143. The molecule has 0 spiro atoms. The molecule has 0 unspecified atom stereocenters. The zero-order valence-corrected chi connectivity index (χ0v) is 18.3. The van der Waals surface area contributed by atoms with Gasteiger partial charge in [-0.25, -0.2) is 14.6 Å². The van der Waals surface area contributed by atoms with E-state index in [1.54, 1.807) is 24.3 Å². The Balaban J connectivity index is 1.46. The SMILES string of the molecule is N#Cc1ccc(NC(=O)Nc2cc(Cl)ccc2OCCCNC(=O)Nc2ccsc2)nc1. The Morgan fingerprint density at radius 3 is 2.72 bits per heavy atom. The highest BCUT2D eigenvalue weighted by molar-refractivity contribution is 7.08. The van der Waals surface area contributed by atoms with Crippen molar-refractivity contribution in [2.45, 2.75) is 6.42 Å². The standard InChI is InChI=1S/C21H19ClN6O3S/c22-15-3-4-18(31-8-1-7-24-20(29)26-16-6-9-32-13-16)17(10-15)27-21(30)28-19-5-2-14(11-23)12-25-19/h2-6,9-10,12-13H,1,7-8H2,(H2,24,26,29)(H2,25,27,28,30). The van der Waals surface area contributed by atoms with Gasteiger partial charge < -0.3 is 20.7 Å². The summed E-state index contributed by atoms with van der Waals surface area (Å²) in [4.78, 5) is 28.1. The molecule has 4 N–H and O–H groups in total. The molecule has 0 aliphatic heterocycles. The third-order valence-electron chi connectivity index (χ3n) is 3.97. The number of hydrogen-bond acceptors (Lipinski definition) is 6. The van der Waals surface area contributed by atoms with Crippen LogP contribution in [0.4, 0.5) is 26.8 Å². The van der Waals surface area contributed by atoms with E-state index in [9.17, 15) is 9.59 Å². The van der Waals surface area contributed by atoms with Gasteiger partial charge in [0.2, 0.25) is 0 Å². The van der Waals surface area contributed by atoms with Crippen LogP contribution >= 0.6 is 22.9 Å². The lowest BCUT2D eigenvalue weighted by Crippen LogP contribution is -2.30. The lowest BCUT2D eigenvalue weighted by atomic mass is 10.3. The zero-order chi connectivity index (χ0) is 22.8. The molecule has 164 valence electrons. The summed E-state index contributed by atoms with van der Waals surface area (Å²) in [6.45, 7) is 0.727. The van der Waals surface area contributed by atoms with Crippen LogP contribution < -0.4 is 26.0 Å². The van der Waals surface area contributed by atoms with Gasteiger partial charge >= 0.3 is 12.1 Å². The number of nitrogens with one attached hydrogen (secondary N) is 4. The number of hydrogen-bond donors (Lipinski definition) is 4. The summed E-state index contributed by atoms with van der Waals surface area (Å²) < 4.78 is 5.74. The molecule has 11 heteroatoms. The van der Waals surface area contributed by atoms with Crippen molar-refractivity contribution in [3.05, 3.63) is 63.9 Å². The first-order chi connectivity index (χ1) is 15.5. The molecule has 0 bridgehead atoms. The third-order valence-corrected chi connectivity index (χ3v) is 4.89. The van der Waals surface area contributed by atoms with Gasteiger partial charge in [-0.3, -0.25) is 5.32 Å². The maximum Gasteiger partial charge on any atom is 0.324 e. The summed E-state index contributed by atoms with van der Waals surface area (Å²) in [6.07, 6.45) is 1.92. The number of anilines is 3. The Kier molecular flexibility index (Phi) is 8.25. The molecule has 0 saturated carbocycles. The lowest BCUT2D eigenvalue weighted by Gasteiger charge is -2.14. The van der Waals surface area contributed by atoms with Crippen LogP contribution in [0.3, 0.4) is 0 Å². The molecule has 0 aliphatic rings. The van der Waals surface area contributed by atoms with E-state index in [0.717, 1.165) is 5.69 Å². The lowest BCUT2D eigenvalue weighted by molar-refractivity contribution is 0.250. The molecular formula is C21H19ClN6O3S. The minimum atomic E-state index is -0.541. The number of carbonyl (C=O) groups excluding carboxylic acids is 2. The largest absolute Gasteiger partial charge is 0.491 e. The van der Waals surface area contributed by atoms with Gasteiger partial charge in [0, 0.05) is 23.1 Å². The summed E-state index contributed by atoms with van der Waals surface area (Å²) in [5.74, 6) is 0.720. The molecule has 4 amide bonds. The highest BCUT2D eigenvalue weighted by Crippen LogP contribution is 2.28. The molecule has 0 saturated heterocycles. The van der Waals surface area contributed by atoms with Crippen LogP contribution in [-0.2, 0) is 0 Å². The predicted molar refractivity (Wildman–Crippen MR) is 124 cm³/mol. The van der Waals surface area contributed by atoms with Gasteiger partial charge in [-0.15, -0.1) is 0 Å². The minimum absolute atomic E-state index is 0.287. The quantitative estimate of drug-likeness (QED) is 0.348. The number of urea groups is 2. The average molecular weight is 471 g/mol. The van der Waals surface area contributed by atoms with Gasteiger partial charge in [-0.05, 0) is 48.2 Å². The molecule has 0 fully saturated rings. The predicted octanol–water partition coefficient (Wildman–Crippen LogP) is 4.90. The number of thiophene rings is 1. The number of rotatable bonds is 8. The van der Waals surface area contributed by atoms with Crippen molar-refractivity contribution in [3.8, 4) is 11.8 Å². The first kappa shape index (κ1) is 22.9. The Morgan fingerprint density at radius 1 is 1.12 bits per heavy atom. The van der Waals surface area contributed by atoms with Gasteiger partial charge in [0.15, 0.2) is 0 Å². The first-order valence-corrected chi connectivity index (χ1v) is 10.8. The fourth-order valence-electron chi connectivity index (χ4n) is 2.50. The highest BCUT2D eigenvalue weighted by Gasteiger charge is 2.10. The number of nitrogens with zero attached hydrogens (tertiary/aromatic N) is 2. The van der Waals surface area contributed by atoms with Gasteiger partial charge in [0.25, 0.3) is 0 Å². The van der Waals surface area contributed by atoms with Crippen LogP contribution in [0.2, 0.25) is 5.02 Å². The van der Waals surface area contributed by atoms with Crippen molar-refractivity contribution in [2.24, 2.45) is 0 Å². The second-order valence-electron chi connectivity index (χ2n) is 6.36. The summed E-state index contributed by atoms with van der Waals surface area (Å²) >= 11 is 7.54. The molecule has 0 atom stereocenters. The normalized spacial score (nSPS) is 10.0. The number of benzene rings is 1. The van der Waals surface area contributed by atoms with Crippen LogP contribution in [0.1, 0.15) is 12.0 Å². The maximum atomic E-state index is 12.3. The zero-order valence-electron chi connectivity index (χ0n) is 16.7. The maximum absolute atomic E-state index is 12.3. The molecule has 2 aromatic heterocycles. The van der Waals surface area contributed by atoms with Gasteiger partial charge in [-0.1, -0.05) is 11.6 Å². The van der Waals surface area contributed by atoms with Crippen LogP contribution in [0, 0.1) is 11.3 Å². The molecule has 3 rings (SSSR count). The molecule has 0 radical (unpaired) electrons. The van der Waals surface area contributed by atoms with E-state index in [1.165, 1.54) is 23.6 Å². The van der Waals surface area contributed by atoms with Crippen molar-refractivity contribution >= 4 is 52.2 Å². The van der Waals surface area contributed by atoms with E-state index in [0.29, 0.717) is 41.6 Å². The van der Waals surface area contributed by atoms with Gasteiger partial charge in [0.05, 0.1) is 23.5 Å². The Hall–Kier alpha value is -3.81. The van der Waals surface area contributed by atoms with E-state index < -0.39 is 6.03 Å². The molecule has 3 aromatic rings. The van der Waals surface area contributed by atoms with Crippen molar-refractivity contribution in [3.63, 3.8) is 0 Å². The molecule has 0 aliphatic carbocycles. The Bertz CT molecular complexity index is 1100. The Labute approximate surface area is 193 Å².